The van der Waals surface area contributed by atoms with Gasteiger partial charge in [0.25, 0.3) is 5.69 Å². The summed E-state index contributed by atoms with van der Waals surface area (Å²) in [6.45, 7) is 2.28. The zero-order chi connectivity index (χ0) is 16.8. The fourth-order valence-corrected chi connectivity index (χ4v) is 1.98. The number of carbonyl (C=O) groups is 1. The Hall–Kier alpha value is -2.96. The first-order valence-electron chi connectivity index (χ1n) is 6.95. The number of esters is 1. The van der Waals surface area contributed by atoms with Crippen molar-refractivity contribution in [2.24, 2.45) is 0 Å². The van der Waals surface area contributed by atoms with Crippen molar-refractivity contribution >= 4 is 17.3 Å². The maximum Gasteiger partial charge on any atom is 0.338 e. The predicted octanol–water partition coefficient (Wildman–Crippen LogP) is 3.52. The lowest BCUT2D eigenvalue weighted by Gasteiger charge is -2.08. The number of hydrogen-bond donors (Lipinski definition) is 1. The van der Waals surface area contributed by atoms with Crippen LogP contribution in [0.1, 0.15) is 22.8 Å². The third kappa shape index (κ3) is 4.26. The fourth-order valence-electron chi connectivity index (χ4n) is 1.98. The number of ether oxygens (including phenoxy) is 1. The number of hydrogen-bond acceptors (Lipinski definition) is 5. The minimum absolute atomic E-state index is 0.101. The third-order valence-electron chi connectivity index (χ3n) is 3.10. The molecule has 0 radical (unpaired) electrons. The molecule has 0 aliphatic rings. The number of nitrogens with zero attached hydrogens (tertiary/aromatic N) is 1. The summed E-state index contributed by atoms with van der Waals surface area (Å²) in [5, 5.41) is 13.7. The van der Waals surface area contributed by atoms with Crippen LogP contribution in [0, 0.1) is 15.9 Å². The van der Waals surface area contributed by atoms with Crippen molar-refractivity contribution in [3.05, 3.63) is 69.5 Å². The summed E-state index contributed by atoms with van der Waals surface area (Å²) >= 11 is 0. The molecule has 7 heteroatoms. The first-order chi connectivity index (χ1) is 11.0. The van der Waals surface area contributed by atoms with Gasteiger partial charge in [0.15, 0.2) is 0 Å². The van der Waals surface area contributed by atoms with E-state index in [2.05, 4.69) is 5.32 Å². The van der Waals surface area contributed by atoms with E-state index in [1.165, 1.54) is 0 Å². The highest BCUT2D eigenvalue weighted by Crippen LogP contribution is 2.25. The number of rotatable bonds is 6. The molecular formula is C16H15FN2O4. The van der Waals surface area contributed by atoms with E-state index in [-0.39, 0.29) is 17.9 Å². The average molecular weight is 318 g/mol. The standard InChI is InChI=1S/C16H15FN2O4/c1-2-23-16(20)12-5-3-11(4-6-12)10-18-14-9-13(17)7-8-15(14)19(21)22/h3-9,18H,2,10H2,1H3. The molecule has 6 nitrogen and oxygen atoms in total. The highest BCUT2D eigenvalue weighted by atomic mass is 19.1. The van der Waals surface area contributed by atoms with Crippen LogP contribution in [0.4, 0.5) is 15.8 Å². The van der Waals surface area contributed by atoms with E-state index in [0.717, 1.165) is 23.8 Å². The smallest absolute Gasteiger partial charge is 0.338 e. The van der Waals surface area contributed by atoms with E-state index in [0.29, 0.717) is 12.2 Å². The maximum absolute atomic E-state index is 13.2. The number of nitrogens with one attached hydrogen (secondary N) is 1. The van der Waals surface area contributed by atoms with E-state index in [9.17, 15) is 19.3 Å². The van der Waals surface area contributed by atoms with Crippen molar-refractivity contribution in [3.63, 3.8) is 0 Å². The summed E-state index contributed by atoms with van der Waals surface area (Å²) < 4.78 is 18.1. The first-order valence-corrected chi connectivity index (χ1v) is 6.95. The molecule has 0 spiro atoms. The Morgan fingerprint density at radius 2 is 1.96 bits per heavy atom. The van der Waals surface area contributed by atoms with Crippen LogP contribution >= 0.6 is 0 Å². The molecule has 2 rings (SSSR count). The molecule has 0 saturated carbocycles. The normalized spacial score (nSPS) is 10.2. The highest BCUT2D eigenvalue weighted by molar-refractivity contribution is 5.89. The van der Waals surface area contributed by atoms with Crippen molar-refractivity contribution < 1.29 is 18.8 Å². The molecule has 0 amide bonds. The van der Waals surface area contributed by atoms with E-state index in [1.54, 1.807) is 31.2 Å². The SMILES string of the molecule is CCOC(=O)c1ccc(CNc2cc(F)ccc2[N+](=O)[O-])cc1. The Morgan fingerprint density at radius 3 is 2.57 bits per heavy atom. The van der Waals surface area contributed by atoms with Gasteiger partial charge in [-0.2, -0.15) is 0 Å². The molecule has 120 valence electrons. The Labute approximate surface area is 132 Å². The number of nitro groups is 1. The molecule has 0 atom stereocenters. The van der Waals surface area contributed by atoms with Crippen LogP contribution in [0.15, 0.2) is 42.5 Å². The van der Waals surface area contributed by atoms with Crippen molar-refractivity contribution in [1.82, 2.24) is 0 Å². The second-order valence-corrected chi connectivity index (χ2v) is 4.69. The summed E-state index contributed by atoms with van der Waals surface area (Å²) in [5.74, 6) is -0.969. The van der Waals surface area contributed by atoms with Crippen LogP contribution in [0.25, 0.3) is 0 Å². The Bertz CT molecular complexity index is 717. The quantitative estimate of drug-likeness (QED) is 0.500. The summed E-state index contributed by atoms with van der Waals surface area (Å²) in [6, 6.07) is 9.84. The van der Waals surface area contributed by atoms with Crippen LogP contribution in [-0.2, 0) is 11.3 Å². The number of anilines is 1. The molecule has 0 aromatic heterocycles. The highest BCUT2D eigenvalue weighted by Gasteiger charge is 2.14. The molecule has 0 heterocycles. The van der Waals surface area contributed by atoms with Crippen molar-refractivity contribution in [2.45, 2.75) is 13.5 Å². The molecule has 0 unspecified atom stereocenters. The van der Waals surface area contributed by atoms with E-state index in [4.69, 9.17) is 4.74 Å². The lowest BCUT2D eigenvalue weighted by atomic mass is 10.1. The number of halogens is 1. The molecule has 1 N–H and O–H groups in total. The molecule has 23 heavy (non-hydrogen) atoms. The van der Waals surface area contributed by atoms with Crippen molar-refractivity contribution in [2.75, 3.05) is 11.9 Å². The van der Waals surface area contributed by atoms with Gasteiger partial charge in [0, 0.05) is 18.7 Å². The van der Waals surface area contributed by atoms with Gasteiger partial charge in [-0.05, 0) is 30.7 Å². The van der Waals surface area contributed by atoms with Gasteiger partial charge >= 0.3 is 5.97 Å². The molecule has 0 fully saturated rings. The monoisotopic (exact) mass is 318 g/mol. The minimum atomic E-state index is -0.578. The first kappa shape index (κ1) is 16.4. The third-order valence-corrected chi connectivity index (χ3v) is 3.10. The summed E-state index contributed by atoms with van der Waals surface area (Å²) in [6.07, 6.45) is 0. The van der Waals surface area contributed by atoms with Gasteiger partial charge in [0.05, 0.1) is 17.1 Å². The van der Waals surface area contributed by atoms with Crippen molar-refractivity contribution in [3.8, 4) is 0 Å². The van der Waals surface area contributed by atoms with E-state index >= 15 is 0 Å². The van der Waals surface area contributed by atoms with Gasteiger partial charge in [-0.3, -0.25) is 10.1 Å². The zero-order valence-electron chi connectivity index (χ0n) is 12.4. The van der Waals surface area contributed by atoms with Gasteiger partial charge in [-0.1, -0.05) is 12.1 Å². The molecule has 0 bridgehead atoms. The van der Waals surface area contributed by atoms with Gasteiger partial charge < -0.3 is 10.1 Å². The van der Waals surface area contributed by atoms with Gasteiger partial charge in [0.1, 0.15) is 11.5 Å². The van der Waals surface area contributed by atoms with E-state index < -0.39 is 16.7 Å². The molecule has 2 aromatic carbocycles. The average Bonchev–Trinajstić information content (AvgIpc) is 2.53. The van der Waals surface area contributed by atoms with Crippen LogP contribution in [0.3, 0.4) is 0 Å². The van der Waals surface area contributed by atoms with Gasteiger partial charge in [0.2, 0.25) is 0 Å². The lowest BCUT2D eigenvalue weighted by Crippen LogP contribution is -2.06. The molecule has 0 aliphatic heterocycles. The van der Waals surface area contributed by atoms with Crippen molar-refractivity contribution in [1.29, 1.82) is 0 Å². The minimum Gasteiger partial charge on any atom is -0.462 e. The predicted molar refractivity (Wildman–Crippen MR) is 82.8 cm³/mol. The van der Waals surface area contributed by atoms with Gasteiger partial charge in [-0.25, -0.2) is 9.18 Å². The Morgan fingerprint density at radius 1 is 1.26 bits per heavy atom. The van der Waals surface area contributed by atoms with Gasteiger partial charge in [-0.15, -0.1) is 0 Å². The van der Waals surface area contributed by atoms with Crippen LogP contribution < -0.4 is 5.32 Å². The van der Waals surface area contributed by atoms with Crippen LogP contribution in [-0.4, -0.2) is 17.5 Å². The fraction of sp³-hybridized carbons (Fsp3) is 0.188. The zero-order valence-corrected chi connectivity index (χ0v) is 12.4. The molecule has 0 aliphatic carbocycles. The second-order valence-electron chi connectivity index (χ2n) is 4.69. The number of carbonyl (C=O) groups excluding carboxylic acids is 1. The van der Waals surface area contributed by atoms with Crippen LogP contribution in [0.2, 0.25) is 0 Å². The number of nitro benzene ring substituents is 1. The molecule has 0 saturated heterocycles. The maximum atomic E-state index is 13.2. The second kappa shape index (κ2) is 7.35. The van der Waals surface area contributed by atoms with Crippen LogP contribution in [0.5, 0.6) is 0 Å². The summed E-state index contributed by atoms with van der Waals surface area (Å²) in [5.41, 5.74) is 1.11. The molecule has 2 aromatic rings. The molecular weight excluding hydrogens is 303 g/mol. The van der Waals surface area contributed by atoms with E-state index in [1.807, 2.05) is 0 Å². The topological polar surface area (TPSA) is 81.5 Å². The Kier molecular flexibility index (Phi) is 5.24. The summed E-state index contributed by atoms with van der Waals surface area (Å²) in [7, 11) is 0. The largest absolute Gasteiger partial charge is 0.462 e. The summed E-state index contributed by atoms with van der Waals surface area (Å²) in [4.78, 5) is 21.9. The number of benzene rings is 2. The Balaban J connectivity index is 2.08. The lowest BCUT2D eigenvalue weighted by molar-refractivity contribution is -0.384.